The lowest BCUT2D eigenvalue weighted by Crippen LogP contribution is -2.39. The third-order valence-corrected chi connectivity index (χ3v) is 2.79. The number of anilines is 3. The summed E-state index contributed by atoms with van der Waals surface area (Å²) >= 11 is 0. The lowest BCUT2D eigenvalue weighted by Gasteiger charge is -2.19. The van der Waals surface area contributed by atoms with Crippen molar-refractivity contribution in [3.8, 4) is 0 Å². The molecule has 7 heteroatoms. The van der Waals surface area contributed by atoms with Crippen LogP contribution < -0.4 is 21.1 Å². The molecule has 0 aliphatic rings. The van der Waals surface area contributed by atoms with E-state index in [1.807, 2.05) is 0 Å². The second kappa shape index (κ2) is 4.66. The zero-order valence-electron chi connectivity index (χ0n) is 10.7. The van der Waals surface area contributed by atoms with Crippen molar-refractivity contribution in [3.63, 3.8) is 0 Å². The Morgan fingerprint density at radius 1 is 1.10 bits per heavy atom. The van der Waals surface area contributed by atoms with E-state index in [9.17, 15) is 22.8 Å². The van der Waals surface area contributed by atoms with Crippen LogP contribution in [0.2, 0.25) is 0 Å². The molecule has 4 nitrogen and oxygen atoms in total. The van der Waals surface area contributed by atoms with Crippen LogP contribution >= 0.6 is 0 Å². The molecule has 2 rings (SSSR count). The summed E-state index contributed by atoms with van der Waals surface area (Å²) in [6.45, 7) is 0. The van der Waals surface area contributed by atoms with Gasteiger partial charge in [0.05, 0.1) is 5.56 Å². The molecule has 0 saturated carbocycles. The maximum atomic E-state index is 12.6. The van der Waals surface area contributed by atoms with Crippen LogP contribution in [0.15, 0.2) is 33.9 Å². The smallest absolute Gasteiger partial charge is 0.373 e. The fraction of sp³-hybridized carbons (Fsp3) is 0.231. The van der Waals surface area contributed by atoms with Crippen LogP contribution in [0.1, 0.15) is 5.56 Å². The highest BCUT2D eigenvalue weighted by Crippen LogP contribution is 2.32. The first-order chi connectivity index (χ1) is 9.21. The van der Waals surface area contributed by atoms with Crippen molar-refractivity contribution in [3.05, 3.63) is 50.3 Å². The van der Waals surface area contributed by atoms with Crippen LogP contribution in [0.5, 0.6) is 0 Å². The minimum atomic E-state index is -4.46. The van der Waals surface area contributed by atoms with Gasteiger partial charge in [-0.3, -0.25) is 9.59 Å². The molecule has 0 atom stereocenters. The normalized spacial score (nSPS) is 11.7. The van der Waals surface area contributed by atoms with Gasteiger partial charge in [0.2, 0.25) is 0 Å². The maximum Gasteiger partial charge on any atom is 0.416 e. The number of alkyl halides is 3. The molecule has 20 heavy (non-hydrogen) atoms. The van der Waals surface area contributed by atoms with Crippen molar-refractivity contribution < 1.29 is 13.2 Å². The maximum absolute atomic E-state index is 12.6. The molecule has 2 aromatic carbocycles. The number of hydrogen-bond acceptors (Lipinski definition) is 4. The van der Waals surface area contributed by atoms with Crippen molar-refractivity contribution in [2.24, 2.45) is 0 Å². The van der Waals surface area contributed by atoms with Gasteiger partial charge in [0.25, 0.3) is 10.9 Å². The van der Waals surface area contributed by atoms with Crippen LogP contribution in [0.3, 0.4) is 0 Å². The second-order valence-corrected chi connectivity index (χ2v) is 4.48. The molecule has 0 spiro atoms. The Morgan fingerprint density at radius 3 is 2.30 bits per heavy atom. The Morgan fingerprint density at radius 2 is 1.75 bits per heavy atom. The average molecular weight is 284 g/mol. The number of halogens is 3. The van der Waals surface area contributed by atoms with Gasteiger partial charge in [-0.05, 0) is 18.2 Å². The lowest BCUT2D eigenvalue weighted by atomic mass is 10.1. The third kappa shape index (κ3) is 2.38. The summed E-state index contributed by atoms with van der Waals surface area (Å²) in [5.41, 5.74) is -1.93. The van der Waals surface area contributed by atoms with Gasteiger partial charge in [-0.15, -0.1) is 0 Å². The highest BCUT2D eigenvalue weighted by atomic mass is 19.4. The summed E-state index contributed by atoms with van der Waals surface area (Å²) in [5, 5.41) is 2.57. The zero-order chi connectivity index (χ0) is 15.1. The number of rotatable bonds is 3. The molecule has 0 aliphatic carbocycles. The number of benzene rings is 1. The number of nitrogens with zero attached hydrogens (tertiary/aromatic N) is 1. The van der Waals surface area contributed by atoms with Crippen molar-refractivity contribution >= 4 is 17.1 Å². The van der Waals surface area contributed by atoms with E-state index in [2.05, 4.69) is 5.32 Å². The number of nitrogens with one attached hydrogen (secondary N) is 1. The van der Waals surface area contributed by atoms with E-state index in [1.165, 1.54) is 17.0 Å². The van der Waals surface area contributed by atoms with Crippen molar-refractivity contribution in [2.75, 3.05) is 24.3 Å². The summed E-state index contributed by atoms with van der Waals surface area (Å²) in [5.74, 6) is 0. The first-order valence-corrected chi connectivity index (χ1v) is 5.66. The fourth-order valence-corrected chi connectivity index (χ4v) is 1.84. The van der Waals surface area contributed by atoms with Gasteiger partial charge in [0, 0.05) is 19.8 Å². The first-order valence-electron chi connectivity index (χ1n) is 5.66. The molecule has 0 aliphatic heterocycles. The zero-order valence-corrected chi connectivity index (χ0v) is 10.7. The van der Waals surface area contributed by atoms with Crippen LogP contribution in [0.25, 0.3) is 0 Å². The molecule has 0 bridgehead atoms. The monoisotopic (exact) mass is 284 g/mol. The van der Waals surface area contributed by atoms with Gasteiger partial charge in [0.1, 0.15) is 11.4 Å². The van der Waals surface area contributed by atoms with Crippen LogP contribution in [-0.2, 0) is 6.18 Å². The Hall–Kier alpha value is -2.31. The molecular formula is C13H11F3N2O2. The van der Waals surface area contributed by atoms with E-state index in [0.29, 0.717) is 0 Å². The Labute approximate surface area is 112 Å². The van der Waals surface area contributed by atoms with Gasteiger partial charge in [0.15, 0.2) is 0 Å². The first kappa shape index (κ1) is 14.1. The van der Waals surface area contributed by atoms with E-state index in [-0.39, 0.29) is 17.1 Å². The molecule has 0 fully saturated rings. The highest BCUT2D eigenvalue weighted by molar-refractivity contribution is 5.79. The highest BCUT2D eigenvalue weighted by Gasteiger charge is 2.30. The van der Waals surface area contributed by atoms with E-state index in [0.717, 1.165) is 12.1 Å². The van der Waals surface area contributed by atoms with E-state index in [1.54, 1.807) is 14.1 Å². The van der Waals surface area contributed by atoms with Crippen LogP contribution in [0.4, 0.5) is 30.2 Å². The summed E-state index contributed by atoms with van der Waals surface area (Å²) in [7, 11) is 3.15. The molecule has 0 aromatic heterocycles. The third-order valence-electron chi connectivity index (χ3n) is 2.79. The van der Waals surface area contributed by atoms with E-state index < -0.39 is 22.6 Å². The summed E-state index contributed by atoms with van der Waals surface area (Å²) in [6.07, 6.45) is -4.46. The van der Waals surface area contributed by atoms with Crippen LogP contribution in [0, 0.1) is 0 Å². The largest absolute Gasteiger partial charge is 0.416 e. The molecule has 0 amide bonds. The van der Waals surface area contributed by atoms with Gasteiger partial charge >= 0.3 is 6.18 Å². The summed E-state index contributed by atoms with van der Waals surface area (Å²) in [6, 6.07) is 4.44. The molecule has 0 radical (unpaired) electrons. The Bertz CT molecular complexity index is 713. The topological polar surface area (TPSA) is 49.4 Å². The quantitative estimate of drug-likeness (QED) is 0.877. The molecule has 1 N–H and O–H groups in total. The SMILES string of the molecule is CN(C)c1c(Nc2cccc(C(F)(F)F)c2)c(=O)c1=O. The van der Waals surface area contributed by atoms with Gasteiger partial charge in [-0.25, -0.2) is 0 Å². The molecule has 106 valence electrons. The van der Waals surface area contributed by atoms with Crippen LogP contribution in [-0.4, -0.2) is 14.1 Å². The van der Waals surface area contributed by atoms with E-state index in [4.69, 9.17) is 0 Å². The fourth-order valence-electron chi connectivity index (χ4n) is 1.84. The minimum Gasteiger partial charge on any atom is -0.373 e. The minimum absolute atomic E-state index is 0.0133. The molecule has 2 aromatic rings. The van der Waals surface area contributed by atoms with Crippen molar-refractivity contribution in [2.45, 2.75) is 6.18 Å². The van der Waals surface area contributed by atoms with Gasteiger partial charge in [-0.2, -0.15) is 13.2 Å². The van der Waals surface area contributed by atoms with E-state index >= 15 is 0 Å². The van der Waals surface area contributed by atoms with Gasteiger partial charge < -0.3 is 10.2 Å². The molecule has 0 heterocycles. The van der Waals surface area contributed by atoms with Crippen molar-refractivity contribution in [1.82, 2.24) is 0 Å². The van der Waals surface area contributed by atoms with Gasteiger partial charge in [-0.1, -0.05) is 6.07 Å². The Kier molecular flexibility index (Phi) is 3.29. The Balaban J connectivity index is 2.35. The standard InChI is InChI=1S/C13H11F3N2O2/c1-18(2)10-9(11(19)12(10)20)17-8-5-3-4-7(6-8)13(14,15)16/h3-6,17H,1-2H3. The van der Waals surface area contributed by atoms with Crippen molar-refractivity contribution in [1.29, 1.82) is 0 Å². The summed E-state index contributed by atoms with van der Waals surface area (Å²) < 4.78 is 37.7. The predicted octanol–water partition coefficient (Wildman–Crippen LogP) is 2.11. The predicted molar refractivity (Wildman–Crippen MR) is 70.4 cm³/mol. The average Bonchev–Trinajstić information content (AvgIpc) is 2.36. The number of hydrogen-bond donors (Lipinski definition) is 1. The molecule has 0 saturated heterocycles. The molecule has 0 unspecified atom stereocenters. The lowest BCUT2D eigenvalue weighted by molar-refractivity contribution is -0.137. The molecular weight excluding hydrogens is 273 g/mol. The summed E-state index contributed by atoms with van der Waals surface area (Å²) in [4.78, 5) is 24.2. The second-order valence-electron chi connectivity index (χ2n) is 4.48.